The minimum Gasteiger partial charge on any atom is -0.315 e. The Hall–Kier alpha value is -0.230. The van der Waals surface area contributed by atoms with Crippen LogP contribution >= 0.6 is 0 Å². The largest absolute Gasteiger partial charge is 0.315 e. The Labute approximate surface area is 77.2 Å². The van der Waals surface area contributed by atoms with Crippen LogP contribution in [0.5, 0.6) is 0 Å². The van der Waals surface area contributed by atoms with E-state index in [0.717, 1.165) is 12.8 Å². The van der Waals surface area contributed by atoms with E-state index in [0.29, 0.717) is 6.42 Å². The van der Waals surface area contributed by atoms with E-state index in [-0.39, 0.29) is 24.4 Å². The van der Waals surface area contributed by atoms with Crippen molar-refractivity contribution in [2.45, 2.75) is 43.9 Å². The van der Waals surface area contributed by atoms with Gasteiger partial charge >= 0.3 is 0 Å². The Balaban J connectivity index is 2.08. The zero-order valence-electron chi connectivity index (χ0n) is 7.54. The highest BCUT2D eigenvalue weighted by Gasteiger charge is 2.41. The van der Waals surface area contributed by atoms with Gasteiger partial charge in [-0.05, 0) is 19.3 Å². The van der Waals surface area contributed by atoms with Gasteiger partial charge in [0.1, 0.15) is 12.5 Å². The summed E-state index contributed by atoms with van der Waals surface area (Å²) in [5.74, 6) is -0.117. The molecule has 5 unspecified atom stereocenters. The molecule has 0 aromatic carbocycles. The van der Waals surface area contributed by atoms with Crippen molar-refractivity contribution in [3.8, 4) is 0 Å². The van der Waals surface area contributed by atoms with Crippen LogP contribution in [0.15, 0.2) is 0 Å². The summed E-state index contributed by atoms with van der Waals surface area (Å²) in [6.07, 6.45) is 1.15. The normalized spacial score (nSPS) is 51.5. The Bertz CT molecular complexity index is 189. The molecule has 1 saturated heterocycles. The van der Waals surface area contributed by atoms with E-state index in [4.69, 9.17) is 11.5 Å². The molecule has 13 heavy (non-hydrogen) atoms. The highest BCUT2D eigenvalue weighted by atomic mass is 19.1. The van der Waals surface area contributed by atoms with Crippen LogP contribution in [0.4, 0.5) is 4.39 Å². The van der Waals surface area contributed by atoms with Crippen molar-refractivity contribution in [2.75, 3.05) is 0 Å². The van der Waals surface area contributed by atoms with E-state index in [9.17, 15) is 4.39 Å². The third-order valence-electron chi connectivity index (χ3n) is 3.06. The summed E-state index contributed by atoms with van der Waals surface area (Å²) in [7, 11) is 0. The summed E-state index contributed by atoms with van der Waals surface area (Å²) in [5.41, 5.74) is 11.5. The van der Waals surface area contributed by atoms with E-state index in [1.54, 1.807) is 0 Å². The van der Waals surface area contributed by atoms with E-state index in [2.05, 4.69) is 10.6 Å². The van der Waals surface area contributed by atoms with Crippen LogP contribution in [-0.2, 0) is 0 Å². The van der Waals surface area contributed by atoms with Crippen LogP contribution in [0.3, 0.4) is 0 Å². The average molecular weight is 188 g/mol. The van der Waals surface area contributed by atoms with Gasteiger partial charge in [-0.2, -0.15) is 0 Å². The fourth-order valence-electron chi connectivity index (χ4n) is 2.44. The summed E-state index contributed by atoms with van der Waals surface area (Å²) < 4.78 is 13.5. The van der Waals surface area contributed by atoms with Gasteiger partial charge in [0.05, 0.1) is 6.17 Å². The highest BCUT2D eigenvalue weighted by Crippen LogP contribution is 2.30. The molecule has 5 heteroatoms. The number of hydrogen-bond donors (Lipinski definition) is 4. The number of nitrogens with two attached hydrogens (primary N) is 2. The van der Waals surface area contributed by atoms with Gasteiger partial charge < -0.3 is 11.5 Å². The van der Waals surface area contributed by atoms with E-state index >= 15 is 0 Å². The first-order valence-corrected chi connectivity index (χ1v) is 4.86. The molecule has 5 atom stereocenters. The molecule has 1 aliphatic carbocycles. The smallest absolute Gasteiger partial charge is 0.110 e. The van der Waals surface area contributed by atoms with Crippen LogP contribution in [0.2, 0.25) is 0 Å². The van der Waals surface area contributed by atoms with Gasteiger partial charge in [-0.1, -0.05) is 0 Å². The Morgan fingerprint density at radius 2 is 1.92 bits per heavy atom. The Kier molecular flexibility index (Phi) is 2.51. The first kappa shape index (κ1) is 9.33. The van der Waals surface area contributed by atoms with Crippen molar-refractivity contribution in [2.24, 2.45) is 17.4 Å². The lowest BCUT2D eigenvalue weighted by Crippen LogP contribution is -2.71. The third-order valence-corrected chi connectivity index (χ3v) is 3.06. The summed E-state index contributed by atoms with van der Waals surface area (Å²) in [4.78, 5) is 0. The van der Waals surface area contributed by atoms with Gasteiger partial charge in [0, 0.05) is 12.0 Å². The fourth-order valence-corrected chi connectivity index (χ4v) is 2.44. The molecule has 0 spiro atoms. The van der Waals surface area contributed by atoms with Crippen molar-refractivity contribution in [3.05, 3.63) is 0 Å². The van der Waals surface area contributed by atoms with Gasteiger partial charge in [-0.3, -0.25) is 10.6 Å². The van der Waals surface area contributed by atoms with Gasteiger partial charge in [0.15, 0.2) is 0 Å². The lowest BCUT2D eigenvalue weighted by Gasteiger charge is -2.45. The summed E-state index contributed by atoms with van der Waals surface area (Å²) in [6, 6.07) is 0.148. The second kappa shape index (κ2) is 3.49. The van der Waals surface area contributed by atoms with Gasteiger partial charge in [0.25, 0.3) is 0 Å². The molecule has 2 rings (SSSR count). The summed E-state index contributed by atoms with van der Waals surface area (Å²) in [6.45, 7) is 0. The van der Waals surface area contributed by atoms with Crippen LogP contribution < -0.4 is 22.1 Å². The quantitative estimate of drug-likeness (QED) is 0.402. The predicted molar refractivity (Wildman–Crippen MR) is 48.2 cm³/mol. The number of rotatable bonds is 0. The lowest BCUT2D eigenvalue weighted by atomic mass is 9.80. The molecule has 1 aliphatic heterocycles. The maximum Gasteiger partial charge on any atom is 0.110 e. The molecule has 6 N–H and O–H groups in total. The van der Waals surface area contributed by atoms with Crippen LogP contribution in [0.25, 0.3) is 0 Å². The molecule has 2 fully saturated rings. The maximum atomic E-state index is 13.5. The molecular formula is C8H17FN4. The van der Waals surface area contributed by atoms with E-state index < -0.39 is 6.17 Å². The Morgan fingerprint density at radius 1 is 1.15 bits per heavy atom. The van der Waals surface area contributed by atoms with Crippen molar-refractivity contribution in [3.63, 3.8) is 0 Å². The van der Waals surface area contributed by atoms with Gasteiger partial charge in [-0.15, -0.1) is 0 Å². The predicted octanol–water partition coefficient (Wildman–Crippen LogP) is -0.787. The van der Waals surface area contributed by atoms with Crippen molar-refractivity contribution < 1.29 is 4.39 Å². The zero-order chi connectivity index (χ0) is 9.42. The standard InChI is InChI=1S/C8H17FN4/c9-4-2-1-3-5-6(4)7(10)13-8(11)12-5/h4-8,12-13H,1-3,10-11H2. The third kappa shape index (κ3) is 1.69. The van der Waals surface area contributed by atoms with Crippen LogP contribution in [0, 0.1) is 5.92 Å². The maximum absolute atomic E-state index is 13.5. The van der Waals surface area contributed by atoms with E-state index in [1.165, 1.54) is 0 Å². The number of nitrogens with one attached hydrogen (secondary N) is 2. The first-order chi connectivity index (χ1) is 6.18. The van der Waals surface area contributed by atoms with Crippen molar-refractivity contribution in [1.29, 1.82) is 0 Å². The number of fused-ring (bicyclic) bond motifs is 1. The number of hydrogen-bond acceptors (Lipinski definition) is 4. The highest BCUT2D eigenvalue weighted by molar-refractivity contribution is 4.96. The molecule has 76 valence electrons. The Morgan fingerprint density at radius 3 is 2.69 bits per heavy atom. The van der Waals surface area contributed by atoms with Gasteiger partial charge in [0.2, 0.25) is 0 Å². The van der Waals surface area contributed by atoms with Crippen LogP contribution in [-0.4, -0.2) is 24.7 Å². The van der Waals surface area contributed by atoms with E-state index in [1.807, 2.05) is 0 Å². The van der Waals surface area contributed by atoms with Crippen molar-refractivity contribution >= 4 is 0 Å². The first-order valence-electron chi connectivity index (χ1n) is 4.86. The monoisotopic (exact) mass is 188 g/mol. The average Bonchev–Trinajstić information content (AvgIpc) is 2.02. The number of halogens is 1. The zero-order valence-corrected chi connectivity index (χ0v) is 7.54. The summed E-state index contributed by atoms with van der Waals surface area (Å²) in [5, 5.41) is 6.04. The van der Waals surface area contributed by atoms with Crippen LogP contribution in [0.1, 0.15) is 19.3 Å². The van der Waals surface area contributed by atoms with Crippen molar-refractivity contribution in [1.82, 2.24) is 10.6 Å². The minimum absolute atomic E-state index is 0.117. The number of alkyl halides is 1. The second-order valence-electron chi connectivity index (χ2n) is 3.97. The molecule has 1 heterocycles. The lowest BCUT2D eigenvalue weighted by molar-refractivity contribution is 0.0501. The molecule has 4 nitrogen and oxygen atoms in total. The fraction of sp³-hybridized carbons (Fsp3) is 1.00. The topological polar surface area (TPSA) is 76.1 Å². The molecule has 0 bridgehead atoms. The second-order valence-corrected chi connectivity index (χ2v) is 3.97. The molecule has 0 radical (unpaired) electrons. The SMILES string of the molecule is NC1NC(N)C2C(F)CCCC2N1. The molecule has 0 aromatic heterocycles. The summed E-state index contributed by atoms with van der Waals surface area (Å²) >= 11 is 0. The molecule has 0 aromatic rings. The molecule has 0 amide bonds. The molecule has 2 aliphatic rings. The minimum atomic E-state index is -0.791. The molecule has 1 saturated carbocycles. The van der Waals surface area contributed by atoms with Gasteiger partial charge in [-0.25, -0.2) is 4.39 Å². The molecular weight excluding hydrogens is 171 g/mol.